The fourth-order valence-corrected chi connectivity index (χ4v) is 14.8. The Morgan fingerprint density at radius 3 is 1.85 bits per heavy atom. The number of hydrogen-bond donors (Lipinski definition) is 0. The Morgan fingerprint density at radius 1 is 0.700 bits per heavy atom. The average Bonchev–Trinajstić information content (AvgIpc) is 3.07. The van der Waals surface area contributed by atoms with E-state index in [0.717, 1.165) is 9.16 Å². The molecule has 0 N–H and O–H groups in total. The molecule has 0 radical (unpaired) electrons. The fourth-order valence-electron chi connectivity index (χ4n) is 1.94. The average molecular weight is 413 g/mol. The monoisotopic (exact) mass is 412 g/mol. The zero-order valence-corrected chi connectivity index (χ0v) is 16.9. The van der Waals surface area contributed by atoms with Gasteiger partial charge in [-0.1, -0.05) is 23.5 Å². The van der Waals surface area contributed by atoms with Gasteiger partial charge in [0.1, 0.15) is 0 Å². The van der Waals surface area contributed by atoms with Crippen molar-refractivity contribution in [1.29, 1.82) is 0 Å². The van der Waals surface area contributed by atoms with Crippen LogP contribution in [-0.2, 0) is 0 Å². The summed E-state index contributed by atoms with van der Waals surface area (Å²) in [4.78, 5) is 0. The van der Waals surface area contributed by atoms with Gasteiger partial charge >= 0.3 is 0 Å². The van der Waals surface area contributed by atoms with E-state index in [1.54, 1.807) is 8.47 Å². The molecule has 2 fully saturated rings. The van der Waals surface area contributed by atoms with Crippen molar-refractivity contribution < 1.29 is 0 Å². The maximum Gasteiger partial charge on any atom is 0.0768 e. The van der Waals surface area contributed by atoms with Gasteiger partial charge in [-0.15, -0.1) is 70.6 Å². The van der Waals surface area contributed by atoms with Crippen LogP contribution in [0.15, 0.2) is 29.1 Å². The molecule has 0 nitrogen and oxygen atoms in total. The van der Waals surface area contributed by atoms with Crippen LogP contribution >= 0.6 is 94.1 Å². The lowest BCUT2D eigenvalue weighted by Crippen LogP contribution is -2.14. The second-order valence-electron chi connectivity index (χ2n) is 4.16. The quantitative estimate of drug-likeness (QED) is 0.481. The van der Waals surface area contributed by atoms with E-state index in [-0.39, 0.29) is 0 Å². The molecule has 4 rings (SSSR count). The van der Waals surface area contributed by atoms with E-state index in [9.17, 15) is 0 Å². The Bertz CT molecular complexity index is 452. The van der Waals surface area contributed by atoms with Gasteiger partial charge in [-0.25, -0.2) is 0 Å². The molecule has 0 aromatic carbocycles. The van der Waals surface area contributed by atoms with Crippen LogP contribution in [0, 0.1) is 0 Å². The molecular formula is C12H12S8. The van der Waals surface area contributed by atoms with Crippen LogP contribution in [0.4, 0.5) is 0 Å². The van der Waals surface area contributed by atoms with Crippen molar-refractivity contribution in [3.05, 3.63) is 29.1 Å². The molecule has 0 aliphatic carbocycles. The molecule has 4 heterocycles. The van der Waals surface area contributed by atoms with Gasteiger partial charge in [0.15, 0.2) is 0 Å². The Morgan fingerprint density at radius 2 is 1.25 bits per heavy atom. The molecule has 0 aromatic heterocycles. The molecule has 0 aromatic rings. The van der Waals surface area contributed by atoms with Crippen molar-refractivity contribution in [2.24, 2.45) is 0 Å². The van der Waals surface area contributed by atoms with Crippen LogP contribution in [-0.4, -0.2) is 32.2 Å². The van der Waals surface area contributed by atoms with Gasteiger partial charge in [0, 0.05) is 27.2 Å². The highest BCUT2D eigenvalue weighted by Crippen LogP contribution is 2.60. The summed E-state index contributed by atoms with van der Waals surface area (Å²) in [5, 5.41) is 0. The summed E-state index contributed by atoms with van der Waals surface area (Å²) in [6.45, 7) is 0. The first kappa shape index (κ1) is 15.5. The first-order valence-corrected chi connectivity index (χ1v) is 13.7. The van der Waals surface area contributed by atoms with Gasteiger partial charge in [0.2, 0.25) is 0 Å². The second-order valence-corrected chi connectivity index (χ2v) is 15.0. The predicted molar refractivity (Wildman–Crippen MR) is 111 cm³/mol. The summed E-state index contributed by atoms with van der Waals surface area (Å²) in [5.41, 5.74) is 0. The summed E-state index contributed by atoms with van der Waals surface area (Å²) in [5.74, 6) is 5.19. The fraction of sp³-hybridized carbons (Fsp3) is 0.500. The molecule has 2 unspecified atom stereocenters. The van der Waals surface area contributed by atoms with E-state index in [0.29, 0.717) is 0 Å². The molecule has 4 aliphatic heterocycles. The maximum atomic E-state index is 2.36. The van der Waals surface area contributed by atoms with Gasteiger partial charge in [0.25, 0.3) is 0 Å². The summed E-state index contributed by atoms with van der Waals surface area (Å²) in [6.07, 6.45) is 4.70. The Hall–Kier alpha value is 2.02. The standard InChI is InChI=1S/C12H12S8/c1(7-17-9-10(18-7)14-4-3-13-9)2-8-19-11-12(20-8)16-6-5-15-11/h1-2,9-10H,3-6H2. The maximum absolute atomic E-state index is 2.36. The van der Waals surface area contributed by atoms with Crippen LogP contribution in [0.2, 0.25) is 0 Å². The van der Waals surface area contributed by atoms with Crippen molar-refractivity contribution in [2.75, 3.05) is 23.0 Å². The smallest absolute Gasteiger partial charge is 0.0768 e. The van der Waals surface area contributed by atoms with Gasteiger partial charge in [-0.2, -0.15) is 0 Å². The molecule has 8 heteroatoms. The minimum atomic E-state index is 0.782. The minimum absolute atomic E-state index is 0.782. The third kappa shape index (κ3) is 3.57. The second kappa shape index (κ2) is 7.28. The lowest BCUT2D eigenvalue weighted by Gasteiger charge is -2.21. The summed E-state index contributed by atoms with van der Waals surface area (Å²) < 4.78 is 7.63. The Balaban J connectivity index is 1.41. The molecule has 0 saturated carbocycles. The van der Waals surface area contributed by atoms with E-state index in [1.807, 2.05) is 47.0 Å². The van der Waals surface area contributed by atoms with E-state index < -0.39 is 0 Å². The minimum Gasteiger partial charge on any atom is -0.144 e. The van der Waals surface area contributed by atoms with E-state index in [2.05, 4.69) is 59.2 Å². The number of fused-ring (bicyclic) bond motifs is 1. The molecule has 0 amide bonds. The SMILES string of the molecule is C(C=C1SC2SCCSC2S1)=C1SC2=C(SCCS2)S1. The highest BCUT2D eigenvalue weighted by molar-refractivity contribution is 8.41. The molecule has 20 heavy (non-hydrogen) atoms. The first-order valence-electron chi connectivity index (χ1n) is 6.22. The van der Waals surface area contributed by atoms with E-state index in [1.165, 1.54) is 31.5 Å². The van der Waals surface area contributed by atoms with Crippen molar-refractivity contribution >= 4 is 94.1 Å². The zero-order chi connectivity index (χ0) is 13.4. The molecule has 2 atom stereocenters. The number of allylic oxidation sites excluding steroid dienone is 2. The third-order valence-electron chi connectivity index (χ3n) is 2.79. The number of rotatable bonds is 1. The van der Waals surface area contributed by atoms with E-state index >= 15 is 0 Å². The van der Waals surface area contributed by atoms with Crippen LogP contribution in [0.25, 0.3) is 0 Å². The third-order valence-corrected chi connectivity index (χ3v) is 15.2. The zero-order valence-electron chi connectivity index (χ0n) is 10.4. The van der Waals surface area contributed by atoms with Gasteiger partial charge in [-0.3, -0.25) is 0 Å². The van der Waals surface area contributed by atoms with Gasteiger partial charge in [0.05, 0.1) is 21.9 Å². The van der Waals surface area contributed by atoms with Gasteiger partial charge in [-0.05, 0) is 12.2 Å². The Kier molecular flexibility index (Phi) is 5.66. The molecule has 2 saturated heterocycles. The van der Waals surface area contributed by atoms with Crippen molar-refractivity contribution in [3.8, 4) is 0 Å². The van der Waals surface area contributed by atoms with Crippen molar-refractivity contribution in [3.63, 3.8) is 0 Å². The number of hydrogen-bond acceptors (Lipinski definition) is 8. The van der Waals surface area contributed by atoms with Crippen LogP contribution in [0.5, 0.6) is 0 Å². The summed E-state index contributed by atoms with van der Waals surface area (Å²) in [6, 6.07) is 0. The first-order chi connectivity index (χ1) is 9.88. The molecule has 4 aliphatic rings. The molecule has 0 bridgehead atoms. The van der Waals surface area contributed by atoms with Crippen LogP contribution in [0.3, 0.4) is 0 Å². The molecule has 108 valence electrons. The highest BCUT2D eigenvalue weighted by atomic mass is 32.3. The highest BCUT2D eigenvalue weighted by Gasteiger charge is 2.35. The molecular weight excluding hydrogens is 401 g/mol. The molecule has 0 spiro atoms. The lowest BCUT2D eigenvalue weighted by atomic mass is 10.6. The normalized spacial score (nSPS) is 33.2. The van der Waals surface area contributed by atoms with Crippen LogP contribution < -0.4 is 0 Å². The van der Waals surface area contributed by atoms with Gasteiger partial charge < -0.3 is 0 Å². The topological polar surface area (TPSA) is 0 Å². The van der Waals surface area contributed by atoms with Crippen LogP contribution in [0.1, 0.15) is 0 Å². The van der Waals surface area contributed by atoms with E-state index in [4.69, 9.17) is 0 Å². The summed E-state index contributed by atoms with van der Waals surface area (Å²) in [7, 11) is 0. The van der Waals surface area contributed by atoms with Crippen molar-refractivity contribution in [1.82, 2.24) is 0 Å². The number of thioether (sulfide) groups is 8. The summed E-state index contributed by atoms with van der Waals surface area (Å²) >= 11 is 16.5. The van der Waals surface area contributed by atoms with Crippen molar-refractivity contribution in [2.45, 2.75) is 9.16 Å². The Labute approximate surface area is 154 Å². The lowest BCUT2D eigenvalue weighted by molar-refractivity contribution is 1.32. The largest absolute Gasteiger partial charge is 0.144 e. The predicted octanol–water partition coefficient (Wildman–Crippen LogP) is 6.37.